The van der Waals surface area contributed by atoms with E-state index in [4.69, 9.17) is 21.1 Å². The van der Waals surface area contributed by atoms with Crippen molar-refractivity contribution >= 4 is 34.7 Å². The van der Waals surface area contributed by atoms with E-state index in [-0.39, 0.29) is 16.4 Å². The van der Waals surface area contributed by atoms with Crippen LogP contribution in [0.25, 0.3) is 5.76 Å². The summed E-state index contributed by atoms with van der Waals surface area (Å²) < 4.78 is 10.6. The molecule has 1 fully saturated rings. The number of carbonyl (C=O) groups is 2. The summed E-state index contributed by atoms with van der Waals surface area (Å²) >= 11 is 6.23. The predicted octanol–water partition coefficient (Wildman–Crippen LogP) is 4.98. The molecule has 1 atom stereocenters. The van der Waals surface area contributed by atoms with E-state index in [1.165, 1.54) is 25.2 Å². The number of hydrogen-bond acceptors (Lipinski definition) is 5. The molecule has 0 spiro atoms. The van der Waals surface area contributed by atoms with Crippen molar-refractivity contribution in [1.29, 1.82) is 0 Å². The lowest BCUT2D eigenvalue weighted by molar-refractivity contribution is -0.132. The molecule has 7 heteroatoms. The van der Waals surface area contributed by atoms with E-state index >= 15 is 0 Å². The molecular formula is C25H20ClNO5. The van der Waals surface area contributed by atoms with Crippen molar-refractivity contribution in [2.45, 2.75) is 6.04 Å². The maximum absolute atomic E-state index is 13.2. The number of ether oxygens (including phenoxy) is 2. The van der Waals surface area contributed by atoms with E-state index in [2.05, 4.69) is 0 Å². The van der Waals surface area contributed by atoms with Crippen molar-refractivity contribution in [3.63, 3.8) is 0 Å². The van der Waals surface area contributed by atoms with Crippen LogP contribution in [-0.4, -0.2) is 31.0 Å². The Hall–Kier alpha value is -3.77. The number of halogens is 1. The molecule has 0 saturated carbocycles. The molecule has 1 N–H and O–H groups in total. The third kappa shape index (κ3) is 3.59. The smallest absolute Gasteiger partial charge is 0.300 e. The van der Waals surface area contributed by atoms with Crippen molar-refractivity contribution in [3.8, 4) is 11.5 Å². The van der Waals surface area contributed by atoms with E-state index in [0.717, 1.165) is 0 Å². The fourth-order valence-corrected chi connectivity index (χ4v) is 4.09. The summed E-state index contributed by atoms with van der Waals surface area (Å²) in [7, 11) is 2.97. The van der Waals surface area contributed by atoms with Gasteiger partial charge in [0.25, 0.3) is 11.7 Å². The molecule has 3 aromatic carbocycles. The summed E-state index contributed by atoms with van der Waals surface area (Å²) in [4.78, 5) is 27.7. The van der Waals surface area contributed by atoms with E-state index in [1.54, 1.807) is 48.5 Å². The summed E-state index contributed by atoms with van der Waals surface area (Å²) in [6, 6.07) is 19.8. The quantitative estimate of drug-likeness (QED) is 0.337. The Morgan fingerprint density at radius 3 is 2.22 bits per heavy atom. The maximum atomic E-state index is 13.2. The van der Waals surface area contributed by atoms with Crippen LogP contribution >= 0.6 is 11.6 Å². The van der Waals surface area contributed by atoms with Gasteiger partial charge in [-0.05, 0) is 35.9 Å². The molecule has 0 aliphatic carbocycles. The van der Waals surface area contributed by atoms with Crippen LogP contribution in [0.4, 0.5) is 5.69 Å². The van der Waals surface area contributed by atoms with Crippen molar-refractivity contribution in [3.05, 3.63) is 94.5 Å². The zero-order valence-electron chi connectivity index (χ0n) is 17.4. The molecule has 0 aromatic heterocycles. The molecule has 4 rings (SSSR count). The highest BCUT2D eigenvalue weighted by atomic mass is 35.5. The van der Waals surface area contributed by atoms with Crippen molar-refractivity contribution in [2.24, 2.45) is 0 Å². The number of hydrogen-bond donors (Lipinski definition) is 1. The Morgan fingerprint density at radius 2 is 1.56 bits per heavy atom. The largest absolute Gasteiger partial charge is 0.507 e. The number of aliphatic hydroxyl groups is 1. The first-order valence-electron chi connectivity index (χ1n) is 9.80. The summed E-state index contributed by atoms with van der Waals surface area (Å²) in [5.41, 5.74) is 1.36. The fraction of sp³-hybridized carbons (Fsp3) is 0.120. The average Bonchev–Trinajstić information content (AvgIpc) is 3.09. The average molecular weight is 450 g/mol. The number of ketones is 1. The van der Waals surface area contributed by atoms with E-state index in [1.807, 2.05) is 18.2 Å². The molecule has 1 saturated heterocycles. The summed E-state index contributed by atoms with van der Waals surface area (Å²) in [5.74, 6) is -1.02. The minimum Gasteiger partial charge on any atom is -0.507 e. The van der Waals surface area contributed by atoms with Gasteiger partial charge in [0, 0.05) is 5.56 Å². The molecule has 1 unspecified atom stereocenters. The molecule has 0 bridgehead atoms. The summed E-state index contributed by atoms with van der Waals surface area (Å²) in [5, 5.41) is 11.4. The number of aliphatic hydroxyl groups excluding tert-OH is 1. The molecule has 6 nitrogen and oxygen atoms in total. The number of methoxy groups -OCH3 is 2. The Labute approximate surface area is 190 Å². The molecule has 32 heavy (non-hydrogen) atoms. The van der Waals surface area contributed by atoms with Gasteiger partial charge in [-0.2, -0.15) is 0 Å². The van der Waals surface area contributed by atoms with E-state index in [9.17, 15) is 14.7 Å². The van der Waals surface area contributed by atoms with Crippen LogP contribution in [0, 0.1) is 0 Å². The number of carbonyl (C=O) groups excluding carboxylic acids is 2. The van der Waals surface area contributed by atoms with Crippen molar-refractivity contribution in [2.75, 3.05) is 19.1 Å². The Balaban J connectivity index is 1.95. The third-order valence-electron chi connectivity index (χ3n) is 5.33. The molecule has 1 amide bonds. The minimum absolute atomic E-state index is 0.0339. The van der Waals surface area contributed by atoms with Crippen LogP contribution in [-0.2, 0) is 9.59 Å². The number of Topliss-reactive ketones (excluding diaryl/α,β-unsaturated/α-hetero) is 1. The topological polar surface area (TPSA) is 76.1 Å². The lowest BCUT2D eigenvalue weighted by atomic mass is 9.95. The molecule has 0 radical (unpaired) electrons. The van der Waals surface area contributed by atoms with Crippen LogP contribution in [0.3, 0.4) is 0 Å². The van der Waals surface area contributed by atoms with Crippen LogP contribution in [0.5, 0.6) is 11.5 Å². The zero-order chi connectivity index (χ0) is 22.8. The number of nitrogens with zero attached hydrogens (tertiary/aromatic N) is 1. The van der Waals surface area contributed by atoms with E-state index in [0.29, 0.717) is 28.3 Å². The minimum atomic E-state index is -0.853. The second-order valence-electron chi connectivity index (χ2n) is 7.10. The van der Waals surface area contributed by atoms with Gasteiger partial charge in [0.05, 0.1) is 36.5 Å². The van der Waals surface area contributed by atoms with Gasteiger partial charge in [-0.3, -0.25) is 14.5 Å². The zero-order valence-corrected chi connectivity index (χ0v) is 18.2. The highest BCUT2D eigenvalue weighted by Gasteiger charge is 2.47. The number of anilines is 1. The van der Waals surface area contributed by atoms with Gasteiger partial charge in [0.1, 0.15) is 17.3 Å². The van der Waals surface area contributed by atoms with Crippen LogP contribution < -0.4 is 14.4 Å². The summed E-state index contributed by atoms with van der Waals surface area (Å²) in [6.07, 6.45) is 0. The van der Waals surface area contributed by atoms with Crippen LogP contribution in [0.1, 0.15) is 17.2 Å². The fourth-order valence-electron chi connectivity index (χ4n) is 3.83. The van der Waals surface area contributed by atoms with Gasteiger partial charge in [-0.25, -0.2) is 0 Å². The van der Waals surface area contributed by atoms with Gasteiger partial charge in [0.15, 0.2) is 0 Å². The normalized spacial score (nSPS) is 17.5. The second kappa shape index (κ2) is 8.77. The third-order valence-corrected chi connectivity index (χ3v) is 5.63. The Morgan fingerprint density at radius 1 is 0.906 bits per heavy atom. The monoisotopic (exact) mass is 449 g/mol. The molecule has 1 aliphatic rings. The van der Waals surface area contributed by atoms with Crippen LogP contribution in [0.2, 0.25) is 5.02 Å². The molecule has 1 aliphatic heterocycles. The van der Waals surface area contributed by atoms with Crippen molar-refractivity contribution < 1.29 is 24.2 Å². The van der Waals surface area contributed by atoms with Crippen LogP contribution in [0.15, 0.2) is 78.4 Å². The number of amides is 1. The van der Waals surface area contributed by atoms with Gasteiger partial charge in [0.2, 0.25) is 0 Å². The maximum Gasteiger partial charge on any atom is 0.300 e. The molecule has 1 heterocycles. The second-order valence-corrected chi connectivity index (χ2v) is 7.51. The first-order chi connectivity index (χ1) is 15.5. The number of para-hydroxylation sites is 2. The Bertz CT molecular complexity index is 1220. The SMILES string of the molecule is COc1ccc(/C(O)=C2/C(=O)C(=O)N(c3ccccc3OC)C2c2ccccc2)cc1Cl. The molecular weight excluding hydrogens is 430 g/mol. The lowest BCUT2D eigenvalue weighted by Crippen LogP contribution is -2.29. The number of rotatable bonds is 5. The van der Waals surface area contributed by atoms with Gasteiger partial charge < -0.3 is 14.6 Å². The highest BCUT2D eigenvalue weighted by molar-refractivity contribution is 6.52. The standard InChI is InChI=1S/C25H20ClNO5/c1-31-19-13-12-16(14-17(19)26)23(28)21-22(15-8-4-3-5-9-15)27(25(30)24(21)29)18-10-6-7-11-20(18)32-2/h3-14,22,28H,1-2H3/b23-21-. The number of benzene rings is 3. The summed E-state index contributed by atoms with van der Waals surface area (Å²) in [6.45, 7) is 0. The predicted molar refractivity (Wildman–Crippen MR) is 122 cm³/mol. The van der Waals surface area contributed by atoms with E-state index < -0.39 is 17.7 Å². The van der Waals surface area contributed by atoms with Gasteiger partial charge >= 0.3 is 0 Å². The first kappa shape index (κ1) is 21.5. The Kier molecular flexibility index (Phi) is 5.88. The van der Waals surface area contributed by atoms with Crippen molar-refractivity contribution in [1.82, 2.24) is 0 Å². The molecule has 162 valence electrons. The van der Waals surface area contributed by atoms with Gasteiger partial charge in [-0.1, -0.05) is 54.1 Å². The highest BCUT2D eigenvalue weighted by Crippen LogP contribution is 2.45. The first-order valence-corrected chi connectivity index (χ1v) is 10.2. The lowest BCUT2D eigenvalue weighted by Gasteiger charge is -2.26. The molecule has 3 aromatic rings. The van der Waals surface area contributed by atoms with Gasteiger partial charge in [-0.15, -0.1) is 0 Å².